The average molecular weight is 232 g/mol. The van der Waals surface area contributed by atoms with Crippen LogP contribution in [-0.2, 0) is 6.42 Å². The van der Waals surface area contributed by atoms with Crippen LogP contribution in [0.4, 0.5) is 0 Å². The van der Waals surface area contributed by atoms with Crippen molar-refractivity contribution in [2.45, 2.75) is 6.42 Å². The molecule has 80 valence electrons. The van der Waals surface area contributed by atoms with Crippen molar-refractivity contribution in [2.24, 2.45) is 0 Å². The Hall–Kier alpha value is -1.75. The van der Waals surface area contributed by atoms with Crippen molar-refractivity contribution >= 4 is 17.3 Å². The highest BCUT2D eigenvalue weighted by atomic mass is 32.1. The van der Waals surface area contributed by atoms with Crippen LogP contribution in [0, 0.1) is 0 Å². The number of carbonyl (C=O) groups excluding carboxylic acids is 1. The van der Waals surface area contributed by atoms with Gasteiger partial charge >= 0.3 is 0 Å². The lowest BCUT2D eigenvalue weighted by atomic mass is 10.1. The van der Waals surface area contributed by atoms with Crippen LogP contribution in [0.25, 0.3) is 0 Å². The molecule has 1 aromatic carbocycles. The number of aromatic nitrogens is 2. The molecule has 4 nitrogen and oxygen atoms in total. The van der Waals surface area contributed by atoms with Gasteiger partial charge in [0.15, 0.2) is 0 Å². The lowest BCUT2D eigenvalue weighted by Gasteiger charge is -2.01. The number of benzene rings is 1. The van der Waals surface area contributed by atoms with Gasteiger partial charge in [0.1, 0.15) is 10.6 Å². The van der Waals surface area contributed by atoms with Gasteiger partial charge in [-0.25, -0.2) is 0 Å². The Morgan fingerprint density at radius 3 is 3.19 bits per heavy atom. The lowest BCUT2D eigenvalue weighted by Crippen LogP contribution is -1.98. The Labute approximate surface area is 96.0 Å². The Kier molecular flexibility index (Phi) is 2.18. The minimum atomic E-state index is -0.0234. The Morgan fingerprint density at radius 1 is 1.44 bits per heavy atom. The average Bonchev–Trinajstić information content (AvgIpc) is 2.98. The first-order valence-corrected chi connectivity index (χ1v) is 5.70. The van der Waals surface area contributed by atoms with Crippen molar-refractivity contribution in [3.05, 3.63) is 40.4 Å². The van der Waals surface area contributed by atoms with Crippen LogP contribution in [0.3, 0.4) is 0 Å². The van der Waals surface area contributed by atoms with E-state index in [1.807, 2.05) is 12.1 Å². The first-order chi connectivity index (χ1) is 7.84. The van der Waals surface area contributed by atoms with Crippen molar-refractivity contribution in [2.75, 3.05) is 6.61 Å². The fraction of sp³-hybridized carbons (Fsp3) is 0.182. The number of nitrogens with zero attached hydrogens (tertiary/aromatic N) is 2. The highest BCUT2D eigenvalue weighted by molar-refractivity contribution is 7.08. The number of fused-ring (bicyclic) bond motifs is 1. The van der Waals surface area contributed by atoms with E-state index in [4.69, 9.17) is 4.74 Å². The molecule has 1 aliphatic heterocycles. The van der Waals surface area contributed by atoms with Crippen LogP contribution in [0.2, 0.25) is 0 Å². The summed E-state index contributed by atoms with van der Waals surface area (Å²) < 4.78 is 9.08. The molecule has 0 saturated carbocycles. The highest BCUT2D eigenvalue weighted by Crippen LogP contribution is 2.26. The van der Waals surface area contributed by atoms with Gasteiger partial charge in [-0.1, -0.05) is 4.49 Å². The predicted octanol–water partition coefficient (Wildman–Crippen LogP) is 1.70. The molecule has 0 radical (unpaired) electrons. The molecule has 5 heteroatoms. The minimum Gasteiger partial charge on any atom is -0.493 e. The maximum atomic E-state index is 12.0. The van der Waals surface area contributed by atoms with E-state index in [9.17, 15) is 4.79 Å². The van der Waals surface area contributed by atoms with Crippen molar-refractivity contribution < 1.29 is 9.53 Å². The Morgan fingerprint density at radius 2 is 2.38 bits per heavy atom. The van der Waals surface area contributed by atoms with Crippen LogP contribution in [-0.4, -0.2) is 22.0 Å². The van der Waals surface area contributed by atoms with Crippen molar-refractivity contribution in [1.29, 1.82) is 0 Å². The van der Waals surface area contributed by atoms with E-state index in [1.54, 1.807) is 6.07 Å². The van der Waals surface area contributed by atoms with Crippen LogP contribution in [0.5, 0.6) is 5.75 Å². The molecule has 3 rings (SSSR count). The Bertz CT molecular complexity index is 537. The molecule has 0 amide bonds. The number of ketones is 1. The SMILES string of the molecule is O=C(c1ccc2c(c1)CCO2)c1cnns1. The van der Waals surface area contributed by atoms with Gasteiger partial charge in [-0.15, -0.1) is 5.10 Å². The molecule has 0 unspecified atom stereocenters. The van der Waals surface area contributed by atoms with E-state index >= 15 is 0 Å². The molecule has 0 N–H and O–H groups in total. The number of carbonyl (C=O) groups is 1. The second-order valence-electron chi connectivity index (χ2n) is 3.53. The molecule has 0 saturated heterocycles. The minimum absolute atomic E-state index is 0.0234. The van der Waals surface area contributed by atoms with E-state index in [2.05, 4.69) is 9.59 Å². The third kappa shape index (κ3) is 1.49. The highest BCUT2D eigenvalue weighted by Gasteiger charge is 2.17. The van der Waals surface area contributed by atoms with Gasteiger partial charge in [-0.05, 0) is 35.3 Å². The van der Waals surface area contributed by atoms with Gasteiger partial charge in [0.05, 0.1) is 12.8 Å². The van der Waals surface area contributed by atoms with Crippen LogP contribution < -0.4 is 4.74 Å². The molecule has 1 aliphatic rings. The molecule has 0 aliphatic carbocycles. The standard InChI is InChI=1S/C11H8N2O2S/c14-11(10-6-12-13-16-10)8-1-2-9-7(5-8)3-4-15-9/h1-2,5-6H,3-4H2. The van der Waals surface area contributed by atoms with E-state index in [0.29, 0.717) is 17.0 Å². The number of ether oxygens (including phenoxy) is 1. The summed E-state index contributed by atoms with van der Waals surface area (Å²) in [5.41, 5.74) is 1.78. The Balaban J connectivity index is 1.99. The van der Waals surface area contributed by atoms with Crippen molar-refractivity contribution in [1.82, 2.24) is 9.59 Å². The first kappa shape index (κ1) is 9.47. The molecule has 2 aromatic rings. The van der Waals surface area contributed by atoms with Gasteiger partial charge in [-0.3, -0.25) is 4.79 Å². The van der Waals surface area contributed by atoms with E-state index < -0.39 is 0 Å². The molecule has 0 fully saturated rings. The molecule has 0 spiro atoms. The van der Waals surface area contributed by atoms with Gasteiger partial charge in [0.25, 0.3) is 0 Å². The summed E-state index contributed by atoms with van der Waals surface area (Å²) in [7, 11) is 0. The second kappa shape index (κ2) is 3.68. The van der Waals surface area contributed by atoms with E-state index in [0.717, 1.165) is 29.3 Å². The van der Waals surface area contributed by atoms with Gasteiger partial charge < -0.3 is 4.74 Å². The predicted molar refractivity (Wildman–Crippen MR) is 59.0 cm³/mol. The summed E-state index contributed by atoms with van der Waals surface area (Å²) >= 11 is 1.12. The van der Waals surface area contributed by atoms with E-state index in [-0.39, 0.29) is 5.78 Å². The lowest BCUT2D eigenvalue weighted by molar-refractivity contribution is 0.104. The van der Waals surface area contributed by atoms with Crippen molar-refractivity contribution in [3.63, 3.8) is 0 Å². The molecular weight excluding hydrogens is 224 g/mol. The molecule has 2 heterocycles. The largest absolute Gasteiger partial charge is 0.493 e. The fourth-order valence-corrected chi connectivity index (χ4v) is 2.21. The van der Waals surface area contributed by atoms with Gasteiger partial charge in [0.2, 0.25) is 5.78 Å². The summed E-state index contributed by atoms with van der Waals surface area (Å²) in [4.78, 5) is 12.6. The summed E-state index contributed by atoms with van der Waals surface area (Å²) in [6, 6.07) is 5.53. The zero-order valence-corrected chi connectivity index (χ0v) is 9.16. The third-order valence-electron chi connectivity index (χ3n) is 2.54. The second-order valence-corrected chi connectivity index (χ2v) is 4.32. The number of hydrogen-bond donors (Lipinski definition) is 0. The zero-order chi connectivity index (χ0) is 11.0. The van der Waals surface area contributed by atoms with Crippen LogP contribution >= 0.6 is 11.5 Å². The van der Waals surface area contributed by atoms with Crippen LogP contribution in [0.15, 0.2) is 24.4 Å². The van der Waals surface area contributed by atoms with Crippen LogP contribution in [0.1, 0.15) is 20.8 Å². The number of hydrogen-bond acceptors (Lipinski definition) is 5. The van der Waals surface area contributed by atoms with Crippen molar-refractivity contribution in [3.8, 4) is 5.75 Å². The topological polar surface area (TPSA) is 52.1 Å². The summed E-state index contributed by atoms with van der Waals surface area (Å²) in [5.74, 6) is 0.865. The molecule has 16 heavy (non-hydrogen) atoms. The maximum absolute atomic E-state index is 12.0. The number of rotatable bonds is 2. The quantitative estimate of drug-likeness (QED) is 0.739. The van der Waals surface area contributed by atoms with Gasteiger partial charge in [0, 0.05) is 12.0 Å². The third-order valence-corrected chi connectivity index (χ3v) is 3.20. The normalized spacial score (nSPS) is 13.2. The molecule has 0 atom stereocenters. The fourth-order valence-electron chi connectivity index (χ4n) is 1.74. The van der Waals surface area contributed by atoms with E-state index in [1.165, 1.54) is 6.20 Å². The molecular formula is C11H8N2O2S. The maximum Gasteiger partial charge on any atom is 0.206 e. The monoisotopic (exact) mass is 232 g/mol. The van der Waals surface area contributed by atoms with Gasteiger partial charge in [-0.2, -0.15) is 0 Å². The summed E-state index contributed by atoms with van der Waals surface area (Å²) in [6.07, 6.45) is 2.37. The summed E-state index contributed by atoms with van der Waals surface area (Å²) in [6.45, 7) is 0.703. The molecule has 1 aromatic heterocycles. The zero-order valence-electron chi connectivity index (χ0n) is 8.34. The smallest absolute Gasteiger partial charge is 0.206 e. The first-order valence-electron chi connectivity index (χ1n) is 4.92. The summed E-state index contributed by atoms with van der Waals surface area (Å²) in [5, 5.41) is 3.66. The molecule has 0 bridgehead atoms.